The number of para-hydroxylation sites is 1. The topological polar surface area (TPSA) is 108 Å². The van der Waals surface area contributed by atoms with Gasteiger partial charge in [0.05, 0.1) is 34.9 Å². The van der Waals surface area contributed by atoms with E-state index in [4.69, 9.17) is 4.74 Å². The minimum absolute atomic E-state index is 0.0356. The highest BCUT2D eigenvalue weighted by Gasteiger charge is 2.41. The van der Waals surface area contributed by atoms with E-state index in [1.54, 1.807) is 36.5 Å². The predicted octanol–water partition coefficient (Wildman–Crippen LogP) is 3.24. The van der Waals surface area contributed by atoms with Gasteiger partial charge in [0.1, 0.15) is 12.4 Å². The summed E-state index contributed by atoms with van der Waals surface area (Å²) in [6, 6.07) is 12.7. The number of carbonyl (C=O) groups is 3. The maximum atomic E-state index is 13.5. The van der Waals surface area contributed by atoms with Gasteiger partial charge in [-0.1, -0.05) is 18.6 Å². The molecule has 1 fully saturated rings. The van der Waals surface area contributed by atoms with Crippen LogP contribution in [0, 0.1) is 5.41 Å². The average molecular weight is 504 g/mol. The van der Waals surface area contributed by atoms with E-state index in [2.05, 4.69) is 15.3 Å². The fourth-order valence-corrected chi connectivity index (χ4v) is 5.53. The first kappa shape index (κ1) is 24.8. The van der Waals surface area contributed by atoms with E-state index in [1.807, 2.05) is 29.2 Å². The van der Waals surface area contributed by atoms with Crippen molar-refractivity contribution in [2.24, 2.45) is 5.41 Å². The summed E-state index contributed by atoms with van der Waals surface area (Å²) in [5, 5.41) is 2.85. The summed E-state index contributed by atoms with van der Waals surface area (Å²) in [7, 11) is 1.68. The Morgan fingerprint density at radius 1 is 1.03 bits per heavy atom. The molecule has 3 aliphatic rings. The average Bonchev–Trinajstić information content (AvgIpc) is 3.41. The zero-order valence-corrected chi connectivity index (χ0v) is 21.2. The third-order valence-electron chi connectivity index (χ3n) is 7.74. The highest BCUT2D eigenvalue weighted by Crippen LogP contribution is 2.38. The van der Waals surface area contributed by atoms with Crippen LogP contribution in [0.3, 0.4) is 0 Å². The Hall–Kier alpha value is -3.88. The molecule has 3 aromatic rings. The number of hydrogen-bond donors (Lipinski definition) is 2. The molecule has 0 atom stereocenters. The lowest BCUT2D eigenvalue weighted by Crippen LogP contribution is -2.49. The summed E-state index contributed by atoms with van der Waals surface area (Å²) in [6.07, 6.45) is 5.16. The summed E-state index contributed by atoms with van der Waals surface area (Å²) in [5.74, 6) is 0.379. The Labute approximate surface area is 216 Å². The van der Waals surface area contributed by atoms with Crippen LogP contribution in [0.1, 0.15) is 52.8 Å². The molecule has 1 saturated heterocycles. The number of fused-ring (bicyclic) bond motifs is 10. The fraction of sp³-hybridized carbons (Fsp3) is 0.429. The van der Waals surface area contributed by atoms with E-state index in [1.165, 1.54) is 0 Å². The number of rotatable bonds is 2. The molecular weight excluding hydrogens is 470 g/mol. The lowest BCUT2D eigenvalue weighted by atomic mass is 9.73. The van der Waals surface area contributed by atoms with Crippen molar-refractivity contribution < 1.29 is 19.1 Å². The Morgan fingerprint density at radius 3 is 2.65 bits per heavy atom. The van der Waals surface area contributed by atoms with Gasteiger partial charge in [0.25, 0.3) is 11.8 Å². The van der Waals surface area contributed by atoms with Crippen LogP contribution in [0.4, 0.5) is 0 Å². The van der Waals surface area contributed by atoms with Crippen LogP contribution in [0.2, 0.25) is 0 Å². The molecule has 9 heteroatoms. The molecule has 2 aromatic carbocycles. The summed E-state index contributed by atoms with van der Waals surface area (Å²) >= 11 is 0. The molecule has 2 bridgehead atoms. The largest absolute Gasteiger partial charge is 0.491 e. The number of aromatic nitrogens is 2. The minimum Gasteiger partial charge on any atom is -0.491 e. The third kappa shape index (κ3) is 5.03. The Bertz CT molecular complexity index is 1290. The van der Waals surface area contributed by atoms with Crippen LogP contribution in [-0.4, -0.2) is 77.3 Å². The molecule has 3 amide bonds. The fourth-order valence-electron chi connectivity index (χ4n) is 5.53. The van der Waals surface area contributed by atoms with Crippen molar-refractivity contribution in [3.8, 4) is 5.75 Å². The van der Waals surface area contributed by atoms with Crippen molar-refractivity contribution in [2.45, 2.75) is 32.1 Å². The van der Waals surface area contributed by atoms with Gasteiger partial charge >= 0.3 is 0 Å². The number of nitrogens with one attached hydrogen (secondary N) is 2. The number of piperidine rings is 1. The summed E-state index contributed by atoms with van der Waals surface area (Å²) < 4.78 is 6.07. The minimum atomic E-state index is -0.498. The number of benzene rings is 2. The molecule has 0 unspecified atom stereocenters. The van der Waals surface area contributed by atoms with E-state index in [0.29, 0.717) is 55.9 Å². The molecule has 0 spiro atoms. The Kier molecular flexibility index (Phi) is 7.12. The van der Waals surface area contributed by atoms with Crippen molar-refractivity contribution in [1.82, 2.24) is 25.1 Å². The standard InChI is InChI=1S/C28H33N5O4/c1-29-27(36)28-10-4-5-13-32(25(34)20-8-9-22-23(18-20)31-19-30-22)16-17-37-24-7-3-2-6-21(24)26(35)33(14-11-28)15-12-28/h2-3,6-9,18-19H,4-5,10-17H2,1H3,(H,29,36)(H,30,31). The van der Waals surface area contributed by atoms with Gasteiger partial charge < -0.3 is 24.8 Å². The number of H-pyrrole nitrogens is 1. The maximum absolute atomic E-state index is 13.5. The van der Waals surface area contributed by atoms with Gasteiger partial charge in [0, 0.05) is 32.2 Å². The van der Waals surface area contributed by atoms with E-state index >= 15 is 0 Å². The van der Waals surface area contributed by atoms with Gasteiger partial charge in [-0.2, -0.15) is 0 Å². The zero-order chi connectivity index (χ0) is 25.8. The lowest BCUT2D eigenvalue weighted by Gasteiger charge is -2.40. The number of ether oxygens (including phenoxy) is 1. The molecule has 6 rings (SSSR count). The smallest absolute Gasteiger partial charge is 0.257 e. The second kappa shape index (κ2) is 10.6. The molecule has 0 aliphatic carbocycles. The van der Waals surface area contributed by atoms with Crippen LogP contribution >= 0.6 is 0 Å². The first-order chi connectivity index (χ1) is 18.0. The number of amides is 3. The van der Waals surface area contributed by atoms with Crippen molar-refractivity contribution in [3.05, 3.63) is 59.9 Å². The van der Waals surface area contributed by atoms with E-state index in [-0.39, 0.29) is 24.3 Å². The lowest BCUT2D eigenvalue weighted by molar-refractivity contribution is -0.133. The molecule has 0 saturated carbocycles. The quantitative estimate of drug-likeness (QED) is 0.558. The molecule has 37 heavy (non-hydrogen) atoms. The second-order valence-electron chi connectivity index (χ2n) is 9.88. The molecular formula is C28H33N5O4. The van der Waals surface area contributed by atoms with Crippen LogP contribution < -0.4 is 10.1 Å². The molecule has 0 radical (unpaired) electrons. The third-order valence-corrected chi connectivity index (χ3v) is 7.74. The second-order valence-corrected chi connectivity index (χ2v) is 9.88. The normalized spacial score (nSPS) is 18.5. The SMILES string of the molecule is CNC(=O)C12CCCCN(C(=O)c3ccc4nc[nH]c4c3)CCOc3ccccc3C(=O)N(CC1)CC2. The van der Waals surface area contributed by atoms with Gasteiger partial charge in [-0.15, -0.1) is 0 Å². The molecule has 1 aromatic heterocycles. The number of carbonyl (C=O) groups excluding carboxylic acids is 3. The van der Waals surface area contributed by atoms with Crippen molar-refractivity contribution in [2.75, 3.05) is 39.8 Å². The van der Waals surface area contributed by atoms with Crippen molar-refractivity contribution in [3.63, 3.8) is 0 Å². The molecule has 4 heterocycles. The first-order valence-corrected chi connectivity index (χ1v) is 13.0. The summed E-state index contributed by atoms with van der Waals surface area (Å²) in [5.41, 5.74) is 2.21. The van der Waals surface area contributed by atoms with Crippen LogP contribution in [-0.2, 0) is 4.79 Å². The number of hydrogen-bond acceptors (Lipinski definition) is 5. The van der Waals surface area contributed by atoms with E-state index in [9.17, 15) is 14.4 Å². The van der Waals surface area contributed by atoms with Crippen molar-refractivity contribution in [1.29, 1.82) is 0 Å². The molecule has 2 N–H and O–H groups in total. The van der Waals surface area contributed by atoms with Crippen molar-refractivity contribution >= 4 is 28.8 Å². The monoisotopic (exact) mass is 503 g/mol. The predicted molar refractivity (Wildman–Crippen MR) is 139 cm³/mol. The van der Waals surface area contributed by atoms with Crippen LogP contribution in [0.25, 0.3) is 11.0 Å². The number of imidazole rings is 1. The number of nitrogens with zero attached hydrogens (tertiary/aromatic N) is 3. The highest BCUT2D eigenvalue weighted by atomic mass is 16.5. The van der Waals surface area contributed by atoms with Gasteiger partial charge in [0.2, 0.25) is 5.91 Å². The zero-order valence-electron chi connectivity index (χ0n) is 21.2. The molecule has 194 valence electrons. The van der Waals surface area contributed by atoms with E-state index in [0.717, 1.165) is 30.3 Å². The summed E-state index contributed by atoms with van der Waals surface area (Å²) in [6.45, 7) is 2.26. The number of aromatic amines is 1. The Morgan fingerprint density at radius 2 is 1.84 bits per heavy atom. The molecule has 9 nitrogen and oxygen atoms in total. The Balaban J connectivity index is 1.41. The first-order valence-electron chi connectivity index (χ1n) is 13.0. The van der Waals surface area contributed by atoms with Gasteiger partial charge in [0.15, 0.2) is 0 Å². The maximum Gasteiger partial charge on any atom is 0.257 e. The summed E-state index contributed by atoms with van der Waals surface area (Å²) in [4.78, 5) is 50.8. The van der Waals surface area contributed by atoms with Crippen LogP contribution in [0.5, 0.6) is 5.75 Å². The molecule has 3 aliphatic heterocycles. The van der Waals surface area contributed by atoms with Gasteiger partial charge in [-0.05, 0) is 56.0 Å². The van der Waals surface area contributed by atoms with Gasteiger partial charge in [-0.25, -0.2) is 4.98 Å². The highest BCUT2D eigenvalue weighted by molar-refractivity contribution is 5.98. The van der Waals surface area contributed by atoms with E-state index < -0.39 is 5.41 Å². The van der Waals surface area contributed by atoms with Gasteiger partial charge in [-0.3, -0.25) is 14.4 Å². The van der Waals surface area contributed by atoms with Crippen LogP contribution in [0.15, 0.2) is 48.8 Å².